The minimum absolute atomic E-state index is 0.158. The van der Waals surface area contributed by atoms with E-state index in [9.17, 15) is 0 Å². The van der Waals surface area contributed by atoms with Crippen LogP contribution in [0.2, 0.25) is 8.67 Å². The summed E-state index contributed by atoms with van der Waals surface area (Å²) in [5.41, 5.74) is 2.12. The zero-order valence-corrected chi connectivity index (χ0v) is 13.3. The van der Waals surface area contributed by atoms with Crippen LogP contribution in [0.1, 0.15) is 30.6 Å². The molecule has 0 aliphatic rings. The average Bonchev–Trinajstić information content (AvgIpc) is 2.91. The molecular formula is C13H17Cl2N3S. The van der Waals surface area contributed by atoms with Crippen molar-refractivity contribution in [1.82, 2.24) is 15.1 Å². The molecule has 6 heteroatoms. The van der Waals surface area contributed by atoms with E-state index in [1.54, 1.807) is 0 Å². The van der Waals surface area contributed by atoms with Crippen LogP contribution in [0.3, 0.4) is 0 Å². The lowest BCUT2D eigenvalue weighted by Crippen LogP contribution is -2.24. The van der Waals surface area contributed by atoms with Crippen LogP contribution < -0.4 is 5.32 Å². The standard InChI is InChI=1S/C13H17Cl2N3S/c1-3-5-16-11(7-9-4-6-18(2)17-9)10-8-12(14)19-13(10)15/h4,6,8,11,16H,3,5,7H2,1-2H3. The van der Waals surface area contributed by atoms with Gasteiger partial charge in [-0.2, -0.15) is 5.10 Å². The van der Waals surface area contributed by atoms with Crippen LogP contribution in [0.5, 0.6) is 0 Å². The molecule has 0 fully saturated rings. The smallest absolute Gasteiger partial charge is 0.0992 e. The molecule has 2 rings (SSSR count). The molecule has 0 amide bonds. The predicted molar refractivity (Wildman–Crippen MR) is 82.3 cm³/mol. The third kappa shape index (κ3) is 3.96. The number of hydrogen-bond donors (Lipinski definition) is 1. The Labute approximate surface area is 127 Å². The molecule has 19 heavy (non-hydrogen) atoms. The van der Waals surface area contributed by atoms with Crippen LogP contribution >= 0.6 is 34.5 Å². The SMILES string of the molecule is CCCNC(Cc1ccn(C)n1)c1cc(Cl)sc1Cl. The van der Waals surface area contributed by atoms with Gasteiger partial charge in [-0.25, -0.2) is 0 Å². The van der Waals surface area contributed by atoms with E-state index in [1.165, 1.54) is 11.3 Å². The molecule has 0 spiro atoms. The molecule has 0 aliphatic heterocycles. The van der Waals surface area contributed by atoms with E-state index in [4.69, 9.17) is 23.2 Å². The molecule has 2 heterocycles. The van der Waals surface area contributed by atoms with Gasteiger partial charge in [-0.05, 0) is 25.1 Å². The number of thiophene rings is 1. The van der Waals surface area contributed by atoms with Gasteiger partial charge < -0.3 is 5.32 Å². The van der Waals surface area contributed by atoms with Crippen LogP contribution in [0.25, 0.3) is 0 Å². The second-order valence-corrected chi connectivity index (χ2v) is 6.76. The Balaban J connectivity index is 2.18. The normalized spacial score (nSPS) is 12.8. The van der Waals surface area contributed by atoms with Gasteiger partial charge in [0.15, 0.2) is 0 Å². The van der Waals surface area contributed by atoms with Crippen LogP contribution in [-0.4, -0.2) is 16.3 Å². The third-order valence-corrected chi connectivity index (χ3v) is 4.40. The Bertz CT molecular complexity index is 536. The summed E-state index contributed by atoms with van der Waals surface area (Å²) in [6.07, 6.45) is 3.84. The molecule has 0 aromatic carbocycles. The maximum absolute atomic E-state index is 6.26. The van der Waals surface area contributed by atoms with E-state index in [2.05, 4.69) is 17.3 Å². The number of nitrogens with zero attached hydrogens (tertiary/aromatic N) is 2. The summed E-state index contributed by atoms with van der Waals surface area (Å²) in [6, 6.07) is 4.14. The van der Waals surface area contributed by atoms with Crippen LogP contribution in [0, 0.1) is 0 Å². The molecule has 0 aliphatic carbocycles. The topological polar surface area (TPSA) is 29.9 Å². The van der Waals surface area contributed by atoms with Gasteiger partial charge in [0.05, 0.1) is 14.4 Å². The van der Waals surface area contributed by atoms with E-state index in [0.29, 0.717) is 0 Å². The number of rotatable bonds is 6. The highest BCUT2D eigenvalue weighted by molar-refractivity contribution is 7.20. The number of halogens is 2. The van der Waals surface area contributed by atoms with E-state index in [-0.39, 0.29) is 6.04 Å². The molecule has 0 saturated heterocycles. The van der Waals surface area contributed by atoms with Crippen molar-refractivity contribution in [3.05, 3.63) is 38.3 Å². The summed E-state index contributed by atoms with van der Waals surface area (Å²) < 4.78 is 3.30. The number of aryl methyl sites for hydroxylation is 1. The zero-order chi connectivity index (χ0) is 13.8. The monoisotopic (exact) mass is 317 g/mol. The predicted octanol–water partition coefficient (Wildman–Crippen LogP) is 4.07. The van der Waals surface area contributed by atoms with Gasteiger partial charge in [0.25, 0.3) is 0 Å². The van der Waals surface area contributed by atoms with E-state index in [0.717, 1.165) is 39.3 Å². The number of aromatic nitrogens is 2. The zero-order valence-electron chi connectivity index (χ0n) is 11.0. The van der Waals surface area contributed by atoms with Gasteiger partial charge in [-0.15, -0.1) is 11.3 Å². The highest BCUT2D eigenvalue weighted by atomic mass is 35.5. The molecule has 1 N–H and O–H groups in total. The van der Waals surface area contributed by atoms with Gasteiger partial charge in [0.1, 0.15) is 0 Å². The maximum atomic E-state index is 6.26. The fourth-order valence-corrected chi connectivity index (χ4v) is 3.56. The van der Waals surface area contributed by atoms with Crippen LogP contribution in [-0.2, 0) is 13.5 Å². The van der Waals surface area contributed by atoms with Crippen molar-refractivity contribution in [2.24, 2.45) is 7.05 Å². The van der Waals surface area contributed by atoms with Gasteiger partial charge >= 0.3 is 0 Å². The minimum atomic E-state index is 0.158. The molecule has 2 aromatic rings. The molecule has 104 valence electrons. The molecule has 3 nitrogen and oxygen atoms in total. The third-order valence-electron chi connectivity index (χ3n) is 2.88. The first-order valence-electron chi connectivity index (χ1n) is 6.26. The van der Waals surface area contributed by atoms with Gasteiger partial charge in [-0.3, -0.25) is 4.68 Å². The second-order valence-electron chi connectivity index (χ2n) is 4.47. The Morgan fingerprint density at radius 3 is 2.79 bits per heavy atom. The summed E-state index contributed by atoms with van der Waals surface area (Å²) in [7, 11) is 1.92. The fraction of sp³-hybridized carbons (Fsp3) is 0.462. The van der Waals surface area contributed by atoms with Gasteiger partial charge in [-0.1, -0.05) is 30.1 Å². The van der Waals surface area contributed by atoms with Gasteiger partial charge in [0, 0.05) is 31.3 Å². The van der Waals surface area contributed by atoms with E-state index in [1.807, 2.05) is 30.1 Å². The Hall–Kier alpha value is -0.550. The molecule has 0 saturated carbocycles. The lowest BCUT2D eigenvalue weighted by Gasteiger charge is -2.17. The summed E-state index contributed by atoms with van der Waals surface area (Å²) in [6.45, 7) is 3.09. The molecule has 1 unspecified atom stereocenters. The quantitative estimate of drug-likeness (QED) is 0.870. The second kappa shape index (κ2) is 6.75. The summed E-state index contributed by atoms with van der Waals surface area (Å²) >= 11 is 13.7. The molecular weight excluding hydrogens is 301 g/mol. The Morgan fingerprint density at radius 1 is 1.47 bits per heavy atom. The van der Waals surface area contributed by atoms with Gasteiger partial charge in [0.2, 0.25) is 0 Å². The molecule has 0 radical (unpaired) electrons. The maximum Gasteiger partial charge on any atom is 0.0992 e. The molecule has 1 atom stereocenters. The summed E-state index contributed by atoms with van der Waals surface area (Å²) in [4.78, 5) is 0. The highest BCUT2D eigenvalue weighted by Gasteiger charge is 2.18. The summed E-state index contributed by atoms with van der Waals surface area (Å²) in [5.74, 6) is 0. The lowest BCUT2D eigenvalue weighted by atomic mass is 10.1. The number of hydrogen-bond acceptors (Lipinski definition) is 3. The largest absolute Gasteiger partial charge is 0.310 e. The van der Waals surface area contributed by atoms with Crippen molar-refractivity contribution in [1.29, 1.82) is 0 Å². The number of nitrogens with one attached hydrogen (secondary N) is 1. The Kier molecular flexibility index (Phi) is 5.28. The average molecular weight is 318 g/mol. The van der Waals surface area contributed by atoms with Crippen LogP contribution in [0.15, 0.2) is 18.3 Å². The molecule has 2 aromatic heterocycles. The van der Waals surface area contributed by atoms with E-state index < -0.39 is 0 Å². The first-order chi connectivity index (χ1) is 9.10. The first kappa shape index (κ1) is 14.9. The first-order valence-corrected chi connectivity index (χ1v) is 7.84. The summed E-state index contributed by atoms with van der Waals surface area (Å²) in [5, 5.41) is 7.94. The van der Waals surface area contributed by atoms with Crippen molar-refractivity contribution in [2.75, 3.05) is 6.54 Å². The van der Waals surface area contributed by atoms with Crippen molar-refractivity contribution in [3.63, 3.8) is 0 Å². The minimum Gasteiger partial charge on any atom is -0.310 e. The Morgan fingerprint density at radius 2 is 2.26 bits per heavy atom. The highest BCUT2D eigenvalue weighted by Crippen LogP contribution is 2.36. The molecule has 0 bridgehead atoms. The van der Waals surface area contributed by atoms with Crippen molar-refractivity contribution in [2.45, 2.75) is 25.8 Å². The fourth-order valence-electron chi connectivity index (χ4n) is 1.98. The lowest BCUT2D eigenvalue weighted by molar-refractivity contribution is 0.522. The van der Waals surface area contributed by atoms with E-state index >= 15 is 0 Å². The van der Waals surface area contributed by atoms with Crippen molar-refractivity contribution >= 4 is 34.5 Å². The van der Waals surface area contributed by atoms with Crippen molar-refractivity contribution < 1.29 is 0 Å². The van der Waals surface area contributed by atoms with Crippen LogP contribution in [0.4, 0.5) is 0 Å². The van der Waals surface area contributed by atoms with Crippen molar-refractivity contribution in [3.8, 4) is 0 Å².